The molecule has 1 aromatic rings. The number of nitrogens with zero attached hydrogens (tertiary/aromatic N) is 1. The van der Waals surface area contributed by atoms with Crippen molar-refractivity contribution in [1.29, 1.82) is 0 Å². The van der Waals surface area contributed by atoms with Crippen LogP contribution in [0.4, 0.5) is 5.69 Å². The molecular formula is C12H12ClNO5. The van der Waals surface area contributed by atoms with Crippen molar-refractivity contribution in [2.45, 2.75) is 12.8 Å². The van der Waals surface area contributed by atoms with Crippen molar-refractivity contribution in [2.75, 3.05) is 13.2 Å². The molecule has 0 amide bonds. The first kappa shape index (κ1) is 13.8. The highest BCUT2D eigenvalue weighted by Gasteiger charge is 2.22. The molecule has 102 valence electrons. The molecule has 6 nitrogen and oxygen atoms in total. The number of benzene rings is 1. The van der Waals surface area contributed by atoms with E-state index in [2.05, 4.69) is 0 Å². The molecule has 0 bridgehead atoms. The van der Waals surface area contributed by atoms with Crippen molar-refractivity contribution in [1.82, 2.24) is 0 Å². The molecule has 0 spiro atoms. The maximum Gasteiger partial charge on any atom is 0.337 e. The summed E-state index contributed by atoms with van der Waals surface area (Å²) in [5.41, 5.74) is -0.230. The molecule has 2 rings (SSSR count). The van der Waals surface area contributed by atoms with Crippen molar-refractivity contribution in [3.8, 4) is 5.75 Å². The lowest BCUT2D eigenvalue weighted by molar-refractivity contribution is -0.384. The molecule has 0 saturated heterocycles. The fraction of sp³-hybridized carbons (Fsp3) is 0.417. The predicted octanol–water partition coefficient (Wildman–Crippen LogP) is 2.58. The van der Waals surface area contributed by atoms with Gasteiger partial charge in [0.25, 0.3) is 5.69 Å². The van der Waals surface area contributed by atoms with Gasteiger partial charge in [0.15, 0.2) is 0 Å². The van der Waals surface area contributed by atoms with Crippen LogP contribution in [-0.4, -0.2) is 24.1 Å². The molecule has 0 aromatic heterocycles. The summed E-state index contributed by atoms with van der Waals surface area (Å²) in [5, 5.41) is 10.5. The summed E-state index contributed by atoms with van der Waals surface area (Å²) in [6.45, 7) is 0.432. The quantitative estimate of drug-likeness (QED) is 0.347. The Morgan fingerprint density at radius 1 is 1.47 bits per heavy atom. The Morgan fingerprint density at radius 2 is 2.21 bits per heavy atom. The first-order chi connectivity index (χ1) is 9.06. The normalized spacial score (nSPS) is 14.2. The fourth-order valence-corrected chi connectivity index (χ4v) is 1.69. The van der Waals surface area contributed by atoms with Gasteiger partial charge in [-0.05, 0) is 24.8 Å². The number of ether oxygens (including phenoxy) is 2. The van der Waals surface area contributed by atoms with Crippen molar-refractivity contribution in [2.24, 2.45) is 5.92 Å². The highest BCUT2D eigenvalue weighted by atomic mass is 35.5. The minimum atomic E-state index is -0.604. The topological polar surface area (TPSA) is 78.7 Å². The number of nitro benzene ring substituents is 1. The number of halogens is 1. The van der Waals surface area contributed by atoms with Crippen LogP contribution in [0.1, 0.15) is 12.8 Å². The molecule has 0 unspecified atom stereocenters. The third-order valence-corrected chi connectivity index (χ3v) is 2.92. The lowest BCUT2D eigenvalue weighted by Gasteiger charge is -2.05. The van der Waals surface area contributed by atoms with E-state index in [0.29, 0.717) is 12.5 Å². The van der Waals surface area contributed by atoms with Crippen LogP contribution < -0.4 is 4.74 Å². The molecule has 7 heteroatoms. The molecule has 1 aliphatic rings. The average Bonchev–Trinajstić information content (AvgIpc) is 3.12. The minimum absolute atomic E-state index is 0.0748. The van der Waals surface area contributed by atoms with Gasteiger partial charge in [0, 0.05) is 12.1 Å². The van der Waals surface area contributed by atoms with Gasteiger partial charge in [-0.2, -0.15) is 0 Å². The zero-order chi connectivity index (χ0) is 13.8. The molecule has 0 aliphatic heterocycles. The molecule has 0 heterocycles. The summed E-state index contributed by atoms with van der Waals surface area (Å²) in [6, 6.07) is 3.75. The fourth-order valence-electron chi connectivity index (χ4n) is 1.45. The smallest absolute Gasteiger partial charge is 0.337 e. The van der Waals surface area contributed by atoms with Gasteiger partial charge in [0.2, 0.25) is 0 Å². The van der Waals surface area contributed by atoms with Crippen LogP contribution in [0.25, 0.3) is 0 Å². The highest BCUT2D eigenvalue weighted by Crippen LogP contribution is 2.29. The Morgan fingerprint density at radius 3 is 2.79 bits per heavy atom. The zero-order valence-electron chi connectivity index (χ0n) is 10.0. The van der Waals surface area contributed by atoms with Crippen molar-refractivity contribution in [3.05, 3.63) is 33.3 Å². The van der Waals surface area contributed by atoms with E-state index in [9.17, 15) is 14.9 Å². The maximum atomic E-state index is 11.4. The van der Waals surface area contributed by atoms with E-state index in [0.717, 1.165) is 12.8 Å². The van der Waals surface area contributed by atoms with Crippen molar-refractivity contribution in [3.63, 3.8) is 0 Å². The average molecular weight is 286 g/mol. The Hall–Kier alpha value is -1.66. The van der Waals surface area contributed by atoms with E-state index in [1.165, 1.54) is 18.2 Å². The van der Waals surface area contributed by atoms with E-state index >= 15 is 0 Å². The Balaban J connectivity index is 1.85. The monoisotopic (exact) mass is 285 g/mol. The first-order valence-corrected chi connectivity index (χ1v) is 6.16. The maximum absolute atomic E-state index is 11.4. The third kappa shape index (κ3) is 4.18. The van der Waals surface area contributed by atoms with E-state index in [4.69, 9.17) is 21.1 Å². The number of esters is 1. The number of carbonyl (C=O) groups is 1. The Kier molecular flexibility index (Phi) is 4.34. The molecule has 19 heavy (non-hydrogen) atoms. The van der Waals surface area contributed by atoms with Gasteiger partial charge in [-0.3, -0.25) is 10.1 Å². The summed E-state index contributed by atoms with van der Waals surface area (Å²) in [4.78, 5) is 21.4. The van der Waals surface area contributed by atoms with Gasteiger partial charge in [0.05, 0.1) is 11.5 Å². The van der Waals surface area contributed by atoms with E-state index in [1.807, 2.05) is 0 Å². The second kappa shape index (κ2) is 5.99. The van der Waals surface area contributed by atoms with E-state index in [1.54, 1.807) is 0 Å². The summed E-state index contributed by atoms with van der Waals surface area (Å²) in [5.74, 6) is 0.183. The second-order valence-corrected chi connectivity index (χ2v) is 4.71. The molecule has 1 aliphatic carbocycles. The van der Waals surface area contributed by atoms with Gasteiger partial charge in [-0.15, -0.1) is 0 Å². The van der Waals surface area contributed by atoms with E-state index < -0.39 is 10.9 Å². The highest BCUT2D eigenvalue weighted by molar-refractivity contribution is 6.32. The van der Waals surface area contributed by atoms with Crippen molar-refractivity contribution >= 4 is 23.3 Å². The zero-order valence-corrected chi connectivity index (χ0v) is 10.8. The molecule has 0 atom stereocenters. The van der Waals surface area contributed by atoms with Crippen molar-refractivity contribution < 1.29 is 19.2 Å². The SMILES string of the molecule is O=C(COCC1CC1)Oc1ccc([N+](=O)[O-])c(Cl)c1. The number of nitro groups is 1. The van der Waals surface area contributed by atoms with Gasteiger partial charge >= 0.3 is 5.97 Å². The molecule has 1 saturated carbocycles. The minimum Gasteiger partial charge on any atom is -0.425 e. The Labute approximate surface area is 114 Å². The molecule has 1 aromatic carbocycles. The van der Waals surface area contributed by atoms with E-state index in [-0.39, 0.29) is 23.1 Å². The standard InChI is InChI=1S/C12H12ClNO5/c13-10-5-9(3-4-11(10)14(16)17)19-12(15)7-18-6-8-1-2-8/h3-5,8H,1-2,6-7H2. The van der Waals surface area contributed by atoms with Crippen LogP contribution in [-0.2, 0) is 9.53 Å². The summed E-state index contributed by atoms with van der Waals surface area (Å²) < 4.78 is 10.1. The van der Waals surface area contributed by atoms with Gasteiger partial charge < -0.3 is 9.47 Å². The van der Waals surface area contributed by atoms with Crippen LogP contribution in [0.3, 0.4) is 0 Å². The molecular weight excluding hydrogens is 274 g/mol. The first-order valence-electron chi connectivity index (χ1n) is 5.78. The predicted molar refractivity (Wildman–Crippen MR) is 67.3 cm³/mol. The van der Waals surface area contributed by atoms with Crippen LogP contribution in [0.15, 0.2) is 18.2 Å². The van der Waals surface area contributed by atoms with Crippen LogP contribution in [0.5, 0.6) is 5.75 Å². The summed E-state index contributed by atoms with van der Waals surface area (Å²) >= 11 is 5.70. The van der Waals surface area contributed by atoms with Gasteiger partial charge in [-0.1, -0.05) is 11.6 Å². The lowest BCUT2D eigenvalue weighted by Crippen LogP contribution is -2.16. The number of carbonyl (C=O) groups excluding carboxylic acids is 1. The van der Waals surface area contributed by atoms with Crippen LogP contribution >= 0.6 is 11.6 Å². The largest absolute Gasteiger partial charge is 0.425 e. The third-order valence-electron chi connectivity index (χ3n) is 2.62. The summed E-state index contributed by atoms with van der Waals surface area (Å²) in [6.07, 6.45) is 2.29. The van der Waals surface area contributed by atoms with Gasteiger partial charge in [0.1, 0.15) is 17.4 Å². The van der Waals surface area contributed by atoms with Gasteiger partial charge in [-0.25, -0.2) is 4.79 Å². The second-order valence-electron chi connectivity index (χ2n) is 4.30. The number of rotatable bonds is 6. The van der Waals surface area contributed by atoms with Crippen LogP contribution in [0.2, 0.25) is 5.02 Å². The number of hydrogen-bond donors (Lipinski definition) is 0. The molecule has 1 fully saturated rings. The summed E-state index contributed by atoms with van der Waals surface area (Å²) in [7, 11) is 0. The Bertz CT molecular complexity index is 501. The van der Waals surface area contributed by atoms with Crippen LogP contribution in [0, 0.1) is 16.0 Å². The number of hydrogen-bond acceptors (Lipinski definition) is 5. The molecule has 0 N–H and O–H groups in total. The molecule has 0 radical (unpaired) electrons. The lowest BCUT2D eigenvalue weighted by atomic mass is 10.3.